The molecule has 0 saturated heterocycles. The van der Waals surface area contributed by atoms with Crippen molar-refractivity contribution in [3.05, 3.63) is 35.4 Å². The SMILES string of the molecule is CC(=[OH+])OCC1c2ccccc21. The first-order valence-corrected chi connectivity index (χ1v) is 4.03. The summed E-state index contributed by atoms with van der Waals surface area (Å²) in [5.74, 6) is 0.468. The van der Waals surface area contributed by atoms with Gasteiger partial charge in [0.05, 0.1) is 12.8 Å². The Labute approximate surface area is 71.2 Å². The van der Waals surface area contributed by atoms with Gasteiger partial charge in [0.2, 0.25) is 0 Å². The largest absolute Gasteiger partial charge is 0.479 e. The van der Waals surface area contributed by atoms with E-state index in [9.17, 15) is 0 Å². The van der Waals surface area contributed by atoms with E-state index in [2.05, 4.69) is 12.1 Å². The van der Waals surface area contributed by atoms with Crippen LogP contribution in [0.25, 0.3) is 0 Å². The van der Waals surface area contributed by atoms with E-state index in [1.54, 1.807) is 6.92 Å². The fourth-order valence-electron chi connectivity index (χ4n) is 1.43. The van der Waals surface area contributed by atoms with Crippen LogP contribution < -0.4 is 0 Å². The van der Waals surface area contributed by atoms with Gasteiger partial charge in [0.1, 0.15) is 0 Å². The summed E-state index contributed by atoms with van der Waals surface area (Å²) in [7, 11) is 0. The van der Waals surface area contributed by atoms with E-state index < -0.39 is 0 Å². The minimum absolute atomic E-state index is 0.0489. The van der Waals surface area contributed by atoms with Crippen LogP contribution in [0.2, 0.25) is 0 Å². The highest BCUT2D eigenvalue weighted by Gasteiger charge is 2.34. The Balaban J connectivity index is 1.94. The molecule has 0 heterocycles. The number of fused-ring (bicyclic) bond motifs is 1. The third-order valence-electron chi connectivity index (χ3n) is 2.12. The van der Waals surface area contributed by atoms with Crippen molar-refractivity contribution >= 4 is 5.97 Å². The third kappa shape index (κ3) is 1.20. The molecule has 1 aromatic rings. The van der Waals surface area contributed by atoms with Crippen LogP contribution in [-0.2, 0) is 4.74 Å². The topological polar surface area (TPSA) is 30.6 Å². The maximum atomic E-state index is 8.80. The van der Waals surface area contributed by atoms with Crippen molar-refractivity contribution in [3.63, 3.8) is 0 Å². The second-order valence-electron chi connectivity index (χ2n) is 3.01. The minimum atomic E-state index is 0.0489. The van der Waals surface area contributed by atoms with Gasteiger partial charge in [-0.05, 0) is 11.1 Å². The summed E-state index contributed by atoms with van der Waals surface area (Å²) in [6.45, 7) is 2.12. The predicted molar refractivity (Wildman–Crippen MR) is 46.9 cm³/mol. The lowest BCUT2D eigenvalue weighted by Gasteiger charge is -1.87. The summed E-state index contributed by atoms with van der Waals surface area (Å²) < 4.78 is 5.02. The number of rotatable bonds is 2. The zero-order chi connectivity index (χ0) is 8.55. The molecule has 2 rings (SSSR count). The normalized spacial score (nSPS) is 13.8. The quantitative estimate of drug-likeness (QED) is 0.482. The van der Waals surface area contributed by atoms with Crippen molar-refractivity contribution in [2.45, 2.75) is 12.8 Å². The van der Waals surface area contributed by atoms with Crippen molar-refractivity contribution in [3.8, 4) is 0 Å². The molecule has 0 amide bonds. The lowest BCUT2D eigenvalue weighted by atomic mass is 10.3. The van der Waals surface area contributed by atoms with Gasteiger partial charge < -0.3 is 9.53 Å². The van der Waals surface area contributed by atoms with Gasteiger partial charge in [-0.1, -0.05) is 24.3 Å². The number of benzene rings is 1. The first-order valence-electron chi connectivity index (χ1n) is 4.03. The van der Waals surface area contributed by atoms with Gasteiger partial charge in [0.15, 0.2) is 6.61 Å². The van der Waals surface area contributed by atoms with Crippen LogP contribution in [0, 0.1) is 0 Å². The van der Waals surface area contributed by atoms with Crippen LogP contribution in [0.4, 0.5) is 0 Å². The monoisotopic (exact) mass is 163 g/mol. The lowest BCUT2D eigenvalue weighted by molar-refractivity contribution is 0.271. The molecule has 0 atom stereocenters. The third-order valence-corrected chi connectivity index (χ3v) is 2.12. The summed E-state index contributed by atoms with van der Waals surface area (Å²) in [5.41, 5.74) is 2.69. The van der Waals surface area contributed by atoms with Crippen LogP contribution >= 0.6 is 0 Å². The van der Waals surface area contributed by atoms with E-state index in [0.29, 0.717) is 12.5 Å². The molecule has 0 aromatic heterocycles. The molecule has 1 aromatic carbocycles. The van der Waals surface area contributed by atoms with Gasteiger partial charge in [-0.2, -0.15) is 0 Å². The molecule has 0 fully saturated rings. The van der Waals surface area contributed by atoms with Crippen LogP contribution in [0.15, 0.2) is 24.3 Å². The molecule has 0 unspecified atom stereocenters. The van der Waals surface area contributed by atoms with E-state index in [4.69, 9.17) is 9.53 Å². The second-order valence-corrected chi connectivity index (χ2v) is 3.01. The van der Waals surface area contributed by atoms with Gasteiger partial charge in [0.25, 0.3) is 0 Å². The molecule has 62 valence electrons. The van der Waals surface area contributed by atoms with E-state index in [1.165, 1.54) is 11.1 Å². The summed E-state index contributed by atoms with van der Waals surface area (Å²) in [5, 5.41) is 0. The second kappa shape index (κ2) is 2.63. The van der Waals surface area contributed by atoms with Crippen molar-refractivity contribution in [2.75, 3.05) is 6.61 Å². The number of hydrogen-bond acceptors (Lipinski definition) is 1. The molecular weight excluding hydrogens is 152 g/mol. The first kappa shape index (κ1) is 7.35. The zero-order valence-electron chi connectivity index (χ0n) is 6.95. The summed E-state index contributed by atoms with van der Waals surface area (Å²) in [6.07, 6.45) is 0. The highest BCUT2D eigenvalue weighted by atomic mass is 16.5. The molecule has 0 radical (unpaired) electrons. The Hall–Kier alpha value is -1.31. The van der Waals surface area contributed by atoms with E-state index in [-0.39, 0.29) is 5.97 Å². The Morgan fingerprint density at radius 1 is 1.42 bits per heavy atom. The molecule has 12 heavy (non-hydrogen) atoms. The van der Waals surface area contributed by atoms with Crippen molar-refractivity contribution in [2.24, 2.45) is 0 Å². The van der Waals surface area contributed by atoms with Crippen molar-refractivity contribution in [1.82, 2.24) is 0 Å². The average molecular weight is 163 g/mol. The molecule has 0 saturated carbocycles. The number of carbonyl (C=O) groups excluding carboxylic acids is 1. The van der Waals surface area contributed by atoms with Gasteiger partial charge in [-0.15, -0.1) is 0 Å². The molecule has 1 N–H and O–H groups in total. The Kier molecular flexibility index (Phi) is 1.61. The molecule has 0 spiro atoms. The standard InChI is InChI=1S/C10H10O2/c1-7(11)12-6-10-8-4-2-3-5-9(8)10/h2-5,10H,6H2,1H3/p+1. The highest BCUT2D eigenvalue weighted by Crippen LogP contribution is 2.42. The maximum absolute atomic E-state index is 8.80. The molecule has 0 aliphatic heterocycles. The average Bonchev–Trinajstić information content (AvgIpc) is 2.74. The molecule has 1 aliphatic carbocycles. The van der Waals surface area contributed by atoms with Gasteiger partial charge in [-0.25, -0.2) is 0 Å². The Morgan fingerprint density at radius 3 is 2.50 bits per heavy atom. The number of esters is 1. The van der Waals surface area contributed by atoms with Crippen LogP contribution in [-0.4, -0.2) is 17.4 Å². The Bertz CT molecular complexity index is 294. The van der Waals surface area contributed by atoms with Crippen LogP contribution in [0.1, 0.15) is 24.0 Å². The smallest absolute Gasteiger partial charge is 0.339 e. The molecule has 2 heteroatoms. The summed E-state index contributed by atoms with van der Waals surface area (Å²) >= 11 is 0. The van der Waals surface area contributed by atoms with Gasteiger partial charge >= 0.3 is 5.97 Å². The van der Waals surface area contributed by atoms with Gasteiger partial charge in [-0.3, -0.25) is 0 Å². The summed E-state index contributed by atoms with van der Waals surface area (Å²) in [4.78, 5) is 8.80. The molecular formula is C10H11O2+. The lowest BCUT2D eigenvalue weighted by Crippen LogP contribution is -2.01. The van der Waals surface area contributed by atoms with E-state index >= 15 is 0 Å². The van der Waals surface area contributed by atoms with E-state index in [0.717, 1.165) is 0 Å². The minimum Gasteiger partial charge on any atom is -0.339 e. The fourth-order valence-corrected chi connectivity index (χ4v) is 1.43. The van der Waals surface area contributed by atoms with Crippen molar-refractivity contribution < 1.29 is 9.53 Å². The Morgan fingerprint density at radius 2 is 2.00 bits per heavy atom. The predicted octanol–water partition coefficient (Wildman–Crippen LogP) is 1.67. The number of ether oxygens (including phenoxy) is 1. The first-order chi connectivity index (χ1) is 5.79. The van der Waals surface area contributed by atoms with Crippen LogP contribution in [0.5, 0.6) is 0 Å². The fraction of sp³-hybridized carbons (Fsp3) is 0.300. The molecule has 2 nitrogen and oxygen atoms in total. The summed E-state index contributed by atoms with van der Waals surface area (Å²) in [6, 6.07) is 8.23. The maximum Gasteiger partial charge on any atom is 0.479 e. The molecule has 1 aliphatic rings. The number of hydrogen-bond donors (Lipinski definition) is 0. The van der Waals surface area contributed by atoms with Crippen LogP contribution in [0.3, 0.4) is 0 Å². The molecule has 0 bridgehead atoms. The zero-order valence-corrected chi connectivity index (χ0v) is 6.95. The van der Waals surface area contributed by atoms with Crippen molar-refractivity contribution in [1.29, 1.82) is 0 Å². The highest BCUT2D eigenvalue weighted by molar-refractivity contribution is 5.67. The van der Waals surface area contributed by atoms with Gasteiger partial charge in [0, 0.05) is 0 Å². The van der Waals surface area contributed by atoms with E-state index in [1.807, 2.05) is 12.1 Å².